The van der Waals surface area contributed by atoms with E-state index in [1.807, 2.05) is 12.1 Å². The Bertz CT molecular complexity index is 817. The molecular formula is C16H14N2O5S. The molecule has 0 spiro atoms. The lowest BCUT2D eigenvalue weighted by atomic mass is 9.95. The average Bonchev–Trinajstić information content (AvgIpc) is 3.20. The maximum atomic E-state index is 12.3. The van der Waals surface area contributed by atoms with Gasteiger partial charge in [0.1, 0.15) is 6.04 Å². The molecule has 0 N–H and O–H groups in total. The molecule has 124 valence electrons. The summed E-state index contributed by atoms with van der Waals surface area (Å²) >= 11 is 1.37. The number of nitrogens with zero attached hydrogens (tertiary/aromatic N) is 2. The molecule has 0 aliphatic carbocycles. The lowest BCUT2D eigenvalue weighted by Crippen LogP contribution is -2.34. The van der Waals surface area contributed by atoms with E-state index in [4.69, 9.17) is 14.2 Å². The van der Waals surface area contributed by atoms with Gasteiger partial charge in [0, 0.05) is 5.70 Å². The minimum atomic E-state index is -0.545. The third-order valence-electron chi connectivity index (χ3n) is 4.12. The van der Waals surface area contributed by atoms with Gasteiger partial charge in [0.05, 0.1) is 18.4 Å². The first kappa shape index (κ1) is 15.1. The fourth-order valence-electron chi connectivity index (χ4n) is 2.97. The summed E-state index contributed by atoms with van der Waals surface area (Å²) in [5, 5.41) is 0.604. The van der Waals surface area contributed by atoms with Crippen LogP contribution in [0.15, 0.2) is 34.5 Å². The predicted molar refractivity (Wildman–Crippen MR) is 86.8 cm³/mol. The Kier molecular flexibility index (Phi) is 3.49. The summed E-state index contributed by atoms with van der Waals surface area (Å²) in [5.41, 5.74) is 1.70. The number of ether oxygens (including phenoxy) is 3. The maximum Gasteiger partial charge on any atom is 0.338 e. The molecule has 0 unspecified atom stereocenters. The molecule has 0 bridgehead atoms. The molecule has 1 amide bonds. The van der Waals surface area contributed by atoms with Crippen molar-refractivity contribution in [3.63, 3.8) is 0 Å². The fourth-order valence-corrected chi connectivity index (χ4v) is 3.90. The van der Waals surface area contributed by atoms with Gasteiger partial charge in [-0.05, 0) is 24.6 Å². The summed E-state index contributed by atoms with van der Waals surface area (Å²) in [5.74, 6) is 1.02. The molecule has 7 nitrogen and oxygen atoms in total. The van der Waals surface area contributed by atoms with Gasteiger partial charge in [-0.25, -0.2) is 9.79 Å². The Morgan fingerprint density at radius 1 is 1.38 bits per heavy atom. The number of esters is 1. The number of aliphatic imine (C=N–C) groups is 1. The van der Waals surface area contributed by atoms with Crippen LogP contribution in [0.25, 0.3) is 0 Å². The molecule has 8 heteroatoms. The topological polar surface area (TPSA) is 77.4 Å². The van der Waals surface area contributed by atoms with Gasteiger partial charge in [0.15, 0.2) is 16.7 Å². The van der Waals surface area contributed by atoms with Crippen LogP contribution < -0.4 is 9.47 Å². The number of hydrogen-bond acceptors (Lipinski definition) is 7. The Labute approximate surface area is 142 Å². The van der Waals surface area contributed by atoms with Crippen molar-refractivity contribution in [2.45, 2.75) is 13.0 Å². The van der Waals surface area contributed by atoms with E-state index in [2.05, 4.69) is 4.99 Å². The third kappa shape index (κ3) is 2.17. The second-order valence-electron chi connectivity index (χ2n) is 5.44. The van der Waals surface area contributed by atoms with Crippen LogP contribution in [0.1, 0.15) is 18.5 Å². The first-order valence-electron chi connectivity index (χ1n) is 7.32. The molecule has 4 rings (SSSR count). The quantitative estimate of drug-likeness (QED) is 0.761. The van der Waals surface area contributed by atoms with E-state index in [1.54, 1.807) is 13.0 Å². The van der Waals surface area contributed by atoms with Crippen molar-refractivity contribution in [1.82, 2.24) is 4.90 Å². The summed E-state index contributed by atoms with van der Waals surface area (Å²) in [6, 6.07) is 4.90. The molecule has 3 aliphatic heterocycles. The highest BCUT2D eigenvalue weighted by molar-refractivity contribution is 8.15. The zero-order valence-corrected chi connectivity index (χ0v) is 13.9. The largest absolute Gasteiger partial charge is 0.466 e. The number of carbonyl (C=O) groups is 2. The number of methoxy groups -OCH3 is 1. The van der Waals surface area contributed by atoms with Crippen molar-refractivity contribution in [3.8, 4) is 11.5 Å². The molecule has 1 aromatic rings. The second kappa shape index (κ2) is 5.55. The third-order valence-corrected chi connectivity index (χ3v) is 5.06. The Balaban J connectivity index is 1.83. The van der Waals surface area contributed by atoms with E-state index in [9.17, 15) is 9.59 Å². The van der Waals surface area contributed by atoms with E-state index in [-0.39, 0.29) is 12.7 Å². The monoisotopic (exact) mass is 346 g/mol. The number of fused-ring (bicyclic) bond motifs is 2. The average molecular weight is 346 g/mol. The lowest BCUT2D eigenvalue weighted by Gasteiger charge is -2.29. The van der Waals surface area contributed by atoms with Gasteiger partial charge in [-0.2, -0.15) is 0 Å². The van der Waals surface area contributed by atoms with Gasteiger partial charge in [0.2, 0.25) is 12.7 Å². The minimum Gasteiger partial charge on any atom is -0.466 e. The lowest BCUT2D eigenvalue weighted by molar-refractivity contribution is -0.136. The molecule has 0 radical (unpaired) electrons. The zero-order chi connectivity index (χ0) is 16.8. The normalized spacial score (nSPS) is 21.8. The van der Waals surface area contributed by atoms with E-state index in [0.717, 1.165) is 5.56 Å². The standard InChI is InChI=1S/C16H14N2O5S/c1-8-13(15(20)21-2)14(17-16-18(8)12(19)6-24-16)9-3-4-10-11(5-9)23-7-22-10/h3-5,14H,6-7H2,1-2H3/t14-/m0/s1. The summed E-state index contributed by atoms with van der Waals surface area (Å²) in [6.07, 6.45) is 0. The molecule has 1 saturated heterocycles. The van der Waals surface area contributed by atoms with Crippen molar-refractivity contribution in [2.24, 2.45) is 4.99 Å². The first-order valence-corrected chi connectivity index (χ1v) is 8.31. The molecule has 1 aromatic carbocycles. The Hall–Kier alpha value is -2.48. The molecular weight excluding hydrogens is 332 g/mol. The van der Waals surface area contributed by atoms with Gasteiger partial charge in [-0.15, -0.1) is 0 Å². The molecule has 1 fully saturated rings. The van der Waals surface area contributed by atoms with Gasteiger partial charge >= 0.3 is 5.97 Å². The number of benzene rings is 1. The van der Waals surface area contributed by atoms with E-state index >= 15 is 0 Å². The van der Waals surface area contributed by atoms with Crippen LogP contribution in [-0.2, 0) is 14.3 Å². The summed E-state index contributed by atoms with van der Waals surface area (Å²) in [6.45, 7) is 1.92. The van der Waals surface area contributed by atoms with Crippen molar-refractivity contribution in [3.05, 3.63) is 35.0 Å². The minimum absolute atomic E-state index is 0.0817. The summed E-state index contributed by atoms with van der Waals surface area (Å²) in [7, 11) is 1.32. The fraction of sp³-hybridized carbons (Fsp3) is 0.312. The Morgan fingerprint density at radius 3 is 2.96 bits per heavy atom. The predicted octanol–water partition coefficient (Wildman–Crippen LogP) is 1.85. The van der Waals surface area contributed by atoms with Gasteiger partial charge in [-0.3, -0.25) is 9.69 Å². The zero-order valence-electron chi connectivity index (χ0n) is 13.1. The van der Waals surface area contributed by atoms with Gasteiger partial charge in [0.25, 0.3) is 0 Å². The van der Waals surface area contributed by atoms with Gasteiger partial charge in [-0.1, -0.05) is 17.8 Å². The number of rotatable bonds is 2. The first-order chi connectivity index (χ1) is 11.6. The van der Waals surface area contributed by atoms with Crippen molar-refractivity contribution in [1.29, 1.82) is 0 Å². The van der Waals surface area contributed by atoms with Gasteiger partial charge < -0.3 is 14.2 Å². The number of thioether (sulfide) groups is 1. The highest BCUT2D eigenvalue weighted by Crippen LogP contribution is 2.42. The summed E-state index contributed by atoms with van der Waals surface area (Å²) in [4.78, 5) is 30.5. The highest BCUT2D eigenvalue weighted by Gasteiger charge is 2.40. The highest BCUT2D eigenvalue weighted by atomic mass is 32.2. The number of hydrogen-bond donors (Lipinski definition) is 0. The van der Waals surface area contributed by atoms with Crippen LogP contribution in [0.3, 0.4) is 0 Å². The second-order valence-corrected chi connectivity index (χ2v) is 6.38. The molecule has 24 heavy (non-hydrogen) atoms. The van der Waals surface area contributed by atoms with Crippen LogP contribution >= 0.6 is 11.8 Å². The molecule has 3 aliphatic rings. The van der Waals surface area contributed by atoms with Crippen LogP contribution in [0.4, 0.5) is 0 Å². The van der Waals surface area contributed by atoms with Crippen LogP contribution in [-0.4, -0.2) is 41.6 Å². The molecule has 1 atom stereocenters. The number of allylic oxidation sites excluding steroid dienone is 1. The van der Waals surface area contributed by atoms with E-state index in [0.29, 0.717) is 33.7 Å². The van der Waals surface area contributed by atoms with E-state index in [1.165, 1.54) is 23.8 Å². The van der Waals surface area contributed by atoms with Crippen LogP contribution in [0.5, 0.6) is 11.5 Å². The number of carbonyl (C=O) groups excluding carboxylic acids is 2. The summed E-state index contributed by atoms with van der Waals surface area (Å²) < 4.78 is 15.7. The Morgan fingerprint density at radius 2 is 2.17 bits per heavy atom. The SMILES string of the molecule is COC(=O)C1=C(C)N2C(=O)CSC2=N[C@H]1c1ccc2c(c1)OCO2. The van der Waals surface area contributed by atoms with Crippen molar-refractivity contribution in [2.75, 3.05) is 19.7 Å². The van der Waals surface area contributed by atoms with Crippen LogP contribution in [0, 0.1) is 0 Å². The molecule has 0 aromatic heterocycles. The van der Waals surface area contributed by atoms with Crippen molar-refractivity contribution < 1.29 is 23.8 Å². The van der Waals surface area contributed by atoms with E-state index < -0.39 is 12.0 Å². The number of amides is 1. The molecule has 3 heterocycles. The maximum absolute atomic E-state index is 12.3. The smallest absolute Gasteiger partial charge is 0.338 e. The van der Waals surface area contributed by atoms with Crippen molar-refractivity contribution >= 4 is 28.8 Å². The van der Waals surface area contributed by atoms with Crippen LogP contribution in [0.2, 0.25) is 0 Å². The number of amidine groups is 1. The molecule has 0 saturated carbocycles.